The number of hydrogen-bond donors (Lipinski definition) is 0. The largest absolute Gasteiger partial charge is 0.416 e. The van der Waals surface area contributed by atoms with Crippen LogP contribution in [0.3, 0.4) is 0 Å². The molecule has 0 fully saturated rings. The molecule has 0 N–H and O–H groups in total. The van der Waals surface area contributed by atoms with E-state index in [2.05, 4.69) is 15.4 Å². The van der Waals surface area contributed by atoms with Crippen molar-refractivity contribution in [2.45, 2.75) is 45.5 Å². The predicted octanol–water partition coefficient (Wildman–Crippen LogP) is 7.76. The molecule has 0 radical (unpaired) electrons. The number of aromatic nitrogens is 4. The molecule has 14 heteroatoms. The van der Waals surface area contributed by atoms with Gasteiger partial charge >= 0.3 is 18.5 Å². The van der Waals surface area contributed by atoms with Gasteiger partial charge in [-0.2, -0.15) is 44.3 Å². The van der Waals surface area contributed by atoms with Gasteiger partial charge in [0.25, 0.3) is 5.95 Å². The average molecular weight is 587 g/mol. The van der Waals surface area contributed by atoms with Crippen molar-refractivity contribution in [1.82, 2.24) is 20.2 Å². The molecule has 0 aliphatic heterocycles. The Morgan fingerprint density at radius 3 is 1.80 bits per heavy atom. The van der Waals surface area contributed by atoms with Crippen molar-refractivity contribution in [3.8, 4) is 11.1 Å². The molecule has 0 aliphatic carbocycles. The minimum atomic E-state index is -5.08. The Bertz CT molecular complexity index is 1520. The second-order valence-corrected chi connectivity index (χ2v) is 9.52. The van der Waals surface area contributed by atoms with Gasteiger partial charge in [0.15, 0.2) is 0 Å². The lowest BCUT2D eigenvalue weighted by Gasteiger charge is -2.24. The van der Waals surface area contributed by atoms with Crippen LogP contribution >= 0.6 is 0 Å². The molecule has 218 valence electrons. The molecular weight excluding hydrogens is 565 g/mol. The topological polar surface area (TPSA) is 46.8 Å². The van der Waals surface area contributed by atoms with Gasteiger partial charge in [-0.1, -0.05) is 29.4 Å². The fourth-order valence-corrected chi connectivity index (χ4v) is 4.23. The van der Waals surface area contributed by atoms with Crippen LogP contribution in [0.1, 0.15) is 38.9 Å². The molecule has 0 saturated carbocycles. The van der Waals surface area contributed by atoms with E-state index in [0.717, 1.165) is 28.1 Å². The molecule has 5 nitrogen and oxygen atoms in total. The lowest BCUT2D eigenvalue weighted by molar-refractivity contribution is -0.143. The number of halogens is 9. The number of hydrogen-bond acceptors (Lipinski definition) is 4. The normalized spacial score (nSPS) is 12.6. The number of nitrogens with zero attached hydrogens (tertiary/aromatic N) is 5. The number of aryl methyl sites for hydroxylation is 3. The van der Waals surface area contributed by atoms with Gasteiger partial charge in [0.1, 0.15) is 0 Å². The first kappa shape index (κ1) is 29.9. The first-order valence-electron chi connectivity index (χ1n) is 12.0. The molecule has 0 unspecified atom stereocenters. The van der Waals surface area contributed by atoms with Crippen LogP contribution in [-0.4, -0.2) is 20.2 Å². The molecule has 1 heterocycles. The summed E-state index contributed by atoms with van der Waals surface area (Å²) in [6.07, 6.45) is -14.9. The smallest absolute Gasteiger partial charge is 0.330 e. The fraction of sp³-hybridized carbons (Fsp3) is 0.296. The Morgan fingerprint density at radius 1 is 0.683 bits per heavy atom. The van der Waals surface area contributed by atoms with E-state index in [4.69, 9.17) is 0 Å². The molecule has 0 atom stereocenters. The monoisotopic (exact) mass is 587 g/mol. The van der Waals surface area contributed by atoms with Gasteiger partial charge in [0, 0.05) is 13.1 Å². The van der Waals surface area contributed by atoms with Crippen molar-refractivity contribution in [3.05, 3.63) is 93.5 Å². The zero-order valence-corrected chi connectivity index (χ0v) is 21.7. The van der Waals surface area contributed by atoms with Crippen molar-refractivity contribution in [3.63, 3.8) is 0 Å². The summed E-state index contributed by atoms with van der Waals surface area (Å²) in [6.45, 7) is 2.69. The van der Waals surface area contributed by atoms with Gasteiger partial charge < -0.3 is 4.90 Å². The summed E-state index contributed by atoms with van der Waals surface area (Å²) in [7, 11) is 1.38. The lowest BCUT2D eigenvalue weighted by atomic mass is 9.94. The SMILES string of the molecule is Cc1ccc(-c2ccc(C(F)(F)F)cc2CN(Cc2cc(C(F)(F)F)cc(C(F)(F)F)c2)c2nnn(C)n2)cc1C. The zero-order valence-electron chi connectivity index (χ0n) is 21.7. The third-order valence-corrected chi connectivity index (χ3v) is 6.41. The number of benzene rings is 3. The molecular formula is C27H22F9N5. The number of tetrazole rings is 1. The van der Waals surface area contributed by atoms with Crippen LogP contribution in [0.2, 0.25) is 0 Å². The second-order valence-electron chi connectivity index (χ2n) is 9.52. The standard InChI is InChI=1S/C27H22F9N5/c1-15-4-5-18(8-16(15)2)23-7-6-20(25(28,29)30)11-19(23)14-41(24-37-39-40(3)38-24)13-17-9-21(26(31,32)33)12-22(10-17)27(34,35)36/h4-12H,13-14H2,1-3H3. The van der Waals surface area contributed by atoms with E-state index < -0.39 is 53.9 Å². The van der Waals surface area contributed by atoms with E-state index >= 15 is 0 Å². The Balaban J connectivity index is 1.85. The summed E-state index contributed by atoms with van der Waals surface area (Å²) >= 11 is 0. The molecule has 0 saturated heterocycles. The number of anilines is 1. The fourth-order valence-electron chi connectivity index (χ4n) is 4.23. The molecule has 4 rings (SSSR count). The van der Waals surface area contributed by atoms with Crippen LogP contribution in [0.25, 0.3) is 11.1 Å². The molecule has 4 aromatic rings. The van der Waals surface area contributed by atoms with Crippen molar-refractivity contribution in [1.29, 1.82) is 0 Å². The van der Waals surface area contributed by atoms with Crippen LogP contribution in [0.4, 0.5) is 45.5 Å². The van der Waals surface area contributed by atoms with Gasteiger partial charge in [-0.25, -0.2) is 0 Å². The molecule has 1 aromatic heterocycles. The zero-order chi connectivity index (χ0) is 30.3. The molecule has 0 amide bonds. The number of rotatable bonds is 6. The Kier molecular flexibility index (Phi) is 7.80. The molecule has 3 aromatic carbocycles. The van der Waals surface area contributed by atoms with E-state index in [0.29, 0.717) is 23.3 Å². The predicted molar refractivity (Wildman–Crippen MR) is 131 cm³/mol. The first-order chi connectivity index (χ1) is 18.9. The molecule has 41 heavy (non-hydrogen) atoms. The van der Waals surface area contributed by atoms with E-state index in [1.807, 2.05) is 13.8 Å². The van der Waals surface area contributed by atoms with Crippen molar-refractivity contribution < 1.29 is 39.5 Å². The van der Waals surface area contributed by atoms with Crippen LogP contribution < -0.4 is 4.90 Å². The maximum atomic E-state index is 13.7. The van der Waals surface area contributed by atoms with Crippen LogP contribution in [0, 0.1) is 13.8 Å². The Hall–Kier alpha value is -4.10. The average Bonchev–Trinajstić information content (AvgIpc) is 3.30. The quantitative estimate of drug-likeness (QED) is 0.217. The van der Waals surface area contributed by atoms with Crippen LogP contribution in [0.5, 0.6) is 0 Å². The summed E-state index contributed by atoms with van der Waals surface area (Å²) in [4.78, 5) is 2.18. The highest BCUT2D eigenvalue weighted by atomic mass is 19.4. The highest BCUT2D eigenvalue weighted by Gasteiger charge is 2.37. The molecule has 0 spiro atoms. The highest BCUT2D eigenvalue weighted by Crippen LogP contribution is 2.38. The van der Waals surface area contributed by atoms with Crippen molar-refractivity contribution in [2.24, 2.45) is 7.05 Å². The van der Waals surface area contributed by atoms with E-state index in [1.165, 1.54) is 18.0 Å². The summed E-state index contributed by atoms with van der Waals surface area (Å²) in [5.74, 6) is -0.207. The van der Waals surface area contributed by atoms with Gasteiger partial charge in [-0.15, -0.1) is 5.10 Å². The van der Waals surface area contributed by atoms with Crippen molar-refractivity contribution >= 4 is 5.95 Å². The maximum Gasteiger partial charge on any atom is 0.416 e. The summed E-state index contributed by atoms with van der Waals surface area (Å²) in [5, 5.41) is 11.5. The molecule has 0 aliphatic rings. The minimum Gasteiger partial charge on any atom is -0.330 e. The Labute approximate surface area is 228 Å². The second kappa shape index (κ2) is 10.7. The lowest BCUT2D eigenvalue weighted by Crippen LogP contribution is -2.25. The highest BCUT2D eigenvalue weighted by molar-refractivity contribution is 5.69. The summed E-state index contributed by atoms with van der Waals surface area (Å²) in [6, 6.07) is 9.44. The molecule has 0 bridgehead atoms. The van der Waals surface area contributed by atoms with Gasteiger partial charge in [0.05, 0.1) is 23.7 Å². The van der Waals surface area contributed by atoms with E-state index in [9.17, 15) is 39.5 Å². The third-order valence-electron chi connectivity index (χ3n) is 6.41. The van der Waals surface area contributed by atoms with E-state index in [-0.39, 0.29) is 17.6 Å². The first-order valence-corrected chi connectivity index (χ1v) is 12.0. The third kappa shape index (κ3) is 6.98. The summed E-state index contributed by atoms with van der Waals surface area (Å²) < 4.78 is 122. The van der Waals surface area contributed by atoms with Gasteiger partial charge in [-0.3, -0.25) is 0 Å². The van der Waals surface area contributed by atoms with Crippen LogP contribution in [0.15, 0.2) is 54.6 Å². The van der Waals surface area contributed by atoms with Gasteiger partial charge in [0.2, 0.25) is 0 Å². The van der Waals surface area contributed by atoms with Crippen molar-refractivity contribution in [2.75, 3.05) is 4.90 Å². The maximum absolute atomic E-state index is 13.7. The number of alkyl halides is 9. The summed E-state index contributed by atoms with van der Waals surface area (Å²) in [5.41, 5.74) is -1.57. The Morgan fingerprint density at radius 2 is 1.29 bits per heavy atom. The van der Waals surface area contributed by atoms with Gasteiger partial charge in [-0.05, 0) is 82.8 Å². The van der Waals surface area contributed by atoms with Crippen LogP contribution in [-0.2, 0) is 38.7 Å². The van der Waals surface area contributed by atoms with E-state index in [1.54, 1.807) is 18.2 Å². The minimum absolute atomic E-state index is 0.000946.